The van der Waals surface area contributed by atoms with Gasteiger partial charge in [-0.05, 0) is 59.0 Å². The SMILES string of the molecule is C[C@H]1CCCC(=Cc2ccc(Br)s2)C1=O. The summed E-state index contributed by atoms with van der Waals surface area (Å²) in [6.07, 6.45) is 5.18. The molecule has 0 amide bonds. The van der Waals surface area contributed by atoms with Crippen LogP contribution in [0, 0.1) is 5.92 Å². The molecule has 0 bridgehead atoms. The molecule has 1 nitrogen and oxygen atoms in total. The van der Waals surface area contributed by atoms with Gasteiger partial charge in [-0.25, -0.2) is 0 Å². The minimum atomic E-state index is 0.216. The van der Waals surface area contributed by atoms with E-state index in [4.69, 9.17) is 0 Å². The Hall–Kier alpha value is -0.410. The molecule has 0 aliphatic heterocycles. The molecule has 1 aromatic heterocycles. The summed E-state index contributed by atoms with van der Waals surface area (Å²) in [5.41, 5.74) is 1.00. The van der Waals surface area contributed by atoms with E-state index in [0.29, 0.717) is 5.78 Å². The Kier molecular flexibility index (Phi) is 3.42. The van der Waals surface area contributed by atoms with Gasteiger partial charge in [0.2, 0.25) is 0 Å². The summed E-state index contributed by atoms with van der Waals surface area (Å²) >= 11 is 5.10. The zero-order valence-corrected chi connectivity index (χ0v) is 11.0. The Morgan fingerprint density at radius 1 is 1.53 bits per heavy atom. The largest absolute Gasteiger partial charge is 0.294 e. The summed E-state index contributed by atoms with van der Waals surface area (Å²) in [6.45, 7) is 2.03. The van der Waals surface area contributed by atoms with Crippen LogP contribution >= 0.6 is 27.3 Å². The molecule has 1 aromatic rings. The fourth-order valence-corrected chi connectivity index (χ4v) is 3.28. The van der Waals surface area contributed by atoms with Crippen LogP contribution in [0.1, 0.15) is 31.1 Å². The molecule has 80 valence electrons. The van der Waals surface area contributed by atoms with Gasteiger partial charge in [-0.3, -0.25) is 4.79 Å². The molecule has 0 spiro atoms. The summed E-state index contributed by atoms with van der Waals surface area (Å²) in [4.78, 5) is 13.0. The number of hydrogen-bond donors (Lipinski definition) is 0. The van der Waals surface area contributed by atoms with Gasteiger partial charge in [0.1, 0.15) is 0 Å². The van der Waals surface area contributed by atoms with Crippen LogP contribution in [0.3, 0.4) is 0 Å². The summed E-state index contributed by atoms with van der Waals surface area (Å²) in [5, 5.41) is 0. The van der Waals surface area contributed by atoms with Gasteiger partial charge in [0.15, 0.2) is 5.78 Å². The van der Waals surface area contributed by atoms with Crippen molar-refractivity contribution in [3.63, 3.8) is 0 Å². The van der Waals surface area contributed by atoms with Crippen molar-refractivity contribution in [3.05, 3.63) is 26.4 Å². The smallest absolute Gasteiger partial charge is 0.161 e. The average Bonchev–Trinajstić information content (AvgIpc) is 2.59. The molecule has 1 saturated carbocycles. The Labute approximate surface area is 102 Å². The molecule has 0 aromatic carbocycles. The first-order valence-electron chi connectivity index (χ1n) is 5.17. The van der Waals surface area contributed by atoms with Gasteiger partial charge in [-0.1, -0.05) is 6.92 Å². The van der Waals surface area contributed by atoms with E-state index >= 15 is 0 Å². The van der Waals surface area contributed by atoms with Crippen molar-refractivity contribution < 1.29 is 4.79 Å². The maximum absolute atomic E-state index is 11.9. The van der Waals surface area contributed by atoms with E-state index in [0.717, 1.165) is 28.6 Å². The lowest BCUT2D eigenvalue weighted by Crippen LogP contribution is -2.18. The molecule has 15 heavy (non-hydrogen) atoms. The van der Waals surface area contributed by atoms with Crippen LogP contribution in [0.25, 0.3) is 6.08 Å². The second-order valence-electron chi connectivity index (χ2n) is 3.97. The second kappa shape index (κ2) is 4.62. The molecule has 0 radical (unpaired) electrons. The first-order valence-corrected chi connectivity index (χ1v) is 6.78. The highest BCUT2D eigenvalue weighted by atomic mass is 79.9. The van der Waals surface area contributed by atoms with Crippen LogP contribution in [-0.2, 0) is 4.79 Å². The number of hydrogen-bond acceptors (Lipinski definition) is 2. The van der Waals surface area contributed by atoms with Crippen LogP contribution < -0.4 is 0 Å². The highest BCUT2D eigenvalue weighted by molar-refractivity contribution is 9.11. The first-order chi connectivity index (χ1) is 7.16. The lowest BCUT2D eigenvalue weighted by molar-refractivity contribution is -0.119. The number of ketones is 1. The van der Waals surface area contributed by atoms with Gasteiger partial charge < -0.3 is 0 Å². The lowest BCUT2D eigenvalue weighted by Gasteiger charge is -2.18. The Morgan fingerprint density at radius 2 is 2.33 bits per heavy atom. The molecule has 0 N–H and O–H groups in total. The summed E-state index contributed by atoms with van der Waals surface area (Å²) < 4.78 is 1.12. The summed E-state index contributed by atoms with van der Waals surface area (Å²) in [5.74, 6) is 0.555. The summed E-state index contributed by atoms with van der Waals surface area (Å²) in [7, 11) is 0. The highest BCUT2D eigenvalue weighted by Gasteiger charge is 2.22. The second-order valence-corrected chi connectivity index (χ2v) is 6.46. The van der Waals surface area contributed by atoms with Gasteiger partial charge in [0, 0.05) is 10.8 Å². The molecule has 3 heteroatoms. The molecule has 0 saturated heterocycles. The number of rotatable bonds is 1. The van der Waals surface area contributed by atoms with Crippen LogP contribution in [0.5, 0.6) is 0 Å². The quantitative estimate of drug-likeness (QED) is 0.704. The Morgan fingerprint density at radius 3 is 3.00 bits per heavy atom. The maximum Gasteiger partial charge on any atom is 0.161 e. The molecule has 2 rings (SSSR count). The van der Waals surface area contributed by atoms with Crippen molar-refractivity contribution in [3.8, 4) is 0 Å². The number of thiophene rings is 1. The fourth-order valence-electron chi connectivity index (χ4n) is 1.89. The zero-order valence-electron chi connectivity index (χ0n) is 8.63. The molecule has 1 heterocycles. The van der Waals surface area contributed by atoms with Crippen molar-refractivity contribution in [2.75, 3.05) is 0 Å². The first kappa shape index (κ1) is 11.1. The van der Waals surface area contributed by atoms with E-state index in [-0.39, 0.29) is 5.92 Å². The highest BCUT2D eigenvalue weighted by Crippen LogP contribution is 2.29. The van der Waals surface area contributed by atoms with E-state index in [1.54, 1.807) is 11.3 Å². The van der Waals surface area contributed by atoms with Crippen molar-refractivity contribution in [2.24, 2.45) is 5.92 Å². The average molecular weight is 285 g/mol. The minimum Gasteiger partial charge on any atom is -0.294 e. The van der Waals surface area contributed by atoms with Gasteiger partial charge >= 0.3 is 0 Å². The van der Waals surface area contributed by atoms with Crippen molar-refractivity contribution >= 4 is 39.1 Å². The van der Waals surface area contributed by atoms with Crippen molar-refractivity contribution in [1.29, 1.82) is 0 Å². The number of halogens is 1. The minimum absolute atomic E-state index is 0.216. The standard InChI is InChI=1S/C12H13BrOS/c1-8-3-2-4-9(12(8)14)7-10-5-6-11(13)15-10/h5-8H,2-4H2,1H3/t8-/m0/s1. The van der Waals surface area contributed by atoms with Crippen LogP contribution in [0.4, 0.5) is 0 Å². The van der Waals surface area contributed by atoms with E-state index in [9.17, 15) is 4.79 Å². The third kappa shape index (κ3) is 2.58. The molecule has 1 fully saturated rings. The summed E-state index contributed by atoms with van der Waals surface area (Å²) in [6, 6.07) is 4.07. The predicted octanol–water partition coefficient (Wildman–Crippen LogP) is 4.28. The molecule has 0 unspecified atom stereocenters. The van der Waals surface area contributed by atoms with E-state index in [1.807, 2.05) is 25.1 Å². The molecule has 1 aliphatic carbocycles. The van der Waals surface area contributed by atoms with E-state index < -0.39 is 0 Å². The van der Waals surface area contributed by atoms with Gasteiger partial charge in [-0.2, -0.15) is 0 Å². The van der Waals surface area contributed by atoms with Crippen LogP contribution in [0.2, 0.25) is 0 Å². The van der Waals surface area contributed by atoms with Gasteiger partial charge in [-0.15, -0.1) is 11.3 Å². The topological polar surface area (TPSA) is 17.1 Å². The Balaban J connectivity index is 2.22. The predicted molar refractivity (Wildman–Crippen MR) is 68.0 cm³/mol. The van der Waals surface area contributed by atoms with E-state index in [1.165, 1.54) is 4.88 Å². The number of carbonyl (C=O) groups is 1. The third-order valence-corrected chi connectivity index (χ3v) is 4.33. The molecular weight excluding hydrogens is 272 g/mol. The van der Waals surface area contributed by atoms with Crippen molar-refractivity contribution in [1.82, 2.24) is 0 Å². The number of carbonyl (C=O) groups excluding carboxylic acids is 1. The van der Waals surface area contributed by atoms with Crippen molar-refractivity contribution in [2.45, 2.75) is 26.2 Å². The number of allylic oxidation sites excluding steroid dienone is 1. The molecule has 1 aliphatic rings. The number of Topliss-reactive ketones (excluding diaryl/α,β-unsaturated/α-hetero) is 1. The fraction of sp³-hybridized carbons (Fsp3) is 0.417. The van der Waals surface area contributed by atoms with Crippen LogP contribution in [0.15, 0.2) is 21.5 Å². The normalized spacial score (nSPS) is 24.8. The van der Waals surface area contributed by atoms with Crippen LogP contribution in [-0.4, -0.2) is 5.78 Å². The van der Waals surface area contributed by atoms with E-state index in [2.05, 4.69) is 15.9 Å². The molecule has 1 atom stereocenters. The van der Waals surface area contributed by atoms with Gasteiger partial charge in [0.05, 0.1) is 3.79 Å². The maximum atomic E-state index is 11.9. The third-order valence-electron chi connectivity index (χ3n) is 2.76. The van der Waals surface area contributed by atoms with Gasteiger partial charge in [0.25, 0.3) is 0 Å². The Bertz CT molecular complexity index is 406. The zero-order chi connectivity index (χ0) is 10.8. The molecular formula is C12H13BrOS. The monoisotopic (exact) mass is 284 g/mol. The lowest BCUT2D eigenvalue weighted by atomic mass is 9.85.